The Hall–Kier alpha value is -2.29. The van der Waals surface area contributed by atoms with Gasteiger partial charge in [-0.15, -0.1) is 11.3 Å². The maximum absolute atomic E-state index is 15.5. The van der Waals surface area contributed by atoms with E-state index in [0.29, 0.717) is 11.4 Å². The Morgan fingerprint density at radius 1 is 1.27 bits per heavy atom. The molecule has 2 aliphatic heterocycles. The zero-order chi connectivity index (χ0) is 18.9. The molecule has 0 aliphatic carbocycles. The number of oxazole rings is 1. The molecule has 9 heteroatoms. The van der Waals surface area contributed by atoms with Crippen LogP contribution < -0.4 is 4.90 Å². The number of halogens is 2. The number of aromatic nitrogens is 1. The number of anilines is 1. The number of thiophene rings is 1. The Morgan fingerprint density at radius 3 is 2.54 bits per heavy atom. The molecule has 0 bridgehead atoms. The van der Waals surface area contributed by atoms with Crippen LogP contribution >= 0.6 is 11.3 Å². The van der Waals surface area contributed by atoms with E-state index in [0.717, 1.165) is 21.0 Å². The van der Waals surface area contributed by atoms with E-state index in [1.807, 2.05) is 13.8 Å². The molecule has 2 aromatic rings. The van der Waals surface area contributed by atoms with Gasteiger partial charge in [0.2, 0.25) is 11.4 Å². The number of amides is 2. The Morgan fingerprint density at radius 2 is 2.00 bits per heavy atom. The second-order valence-electron chi connectivity index (χ2n) is 6.88. The lowest BCUT2D eigenvalue weighted by Gasteiger charge is -2.22. The first-order chi connectivity index (χ1) is 12.2. The molecule has 2 amide bonds. The van der Waals surface area contributed by atoms with Gasteiger partial charge in [0.25, 0.3) is 11.8 Å². The van der Waals surface area contributed by atoms with E-state index in [-0.39, 0.29) is 5.76 Å². The summed E-state index contributed by atoms with van der Waals surface area (Å²) in [6.07, 6.45) is 1.10. The number of carbonyl (C=O) groups is 2. The SMILES string of the molecule is Cc1cc(N2C[C@@]3(F)CN(C(=O)c4ocnc4C)C[C@@]3(F)C2=O)c(C)s1. The van der Waals surface area contributed by atoms with E-state index in [1.165, 1.54) is 16.2 Å². The smallest absolute Gasteiger partial charge is 0.291 e. The maximum atomic E-state index is 15.5. The molecule has 4 heterocycles. The van der Waals surface area contributed by atoms with E-state index in [9.17, 15) is 9.59 Å². The van der Waals surface area contributed by atoms with Crippen LogP contribution in [0.4, 0.5) is 14.5 Å². The average molecular weight is 381 g/mol. The first-order valence-corrected chi connectivity index (χ1v) is 8.94. The highest BCUT2D eigenvalue weighted by Gasteiger charge is 2.72. The molecular weight excluding hydrogens is 364 g/mol. The third-order valence-electron chi connectivity index (χ3n) is 5.09. The average Bonchev–Trinajstić information content (AvgIpc) is 3.25. The zero-order valence-corrected chi connectivity index (χ0v) is 15.3. The summed E-state index contributed by atoms with van der Waals surface area (Å²) in [6, 6.07) is 1.76. The van der Waals surface area contributed by atoms with Crippen LogP contribution in [0.3, 0.4) is 0 Å². The summed E-state index contributed by atoms with van der Waals surface area (Å²) < 4.78 is 36.0. The number of hydrogen-bond donors (Lipinski definition) is 0. The van der Waals surface area contributed by atoms with Crippen LogP contribution in [-0.2, 0) is 4.79 Å². The van der Waals surface area contributed by atoms with Crippen molar-refractivity contribution in [2.24, 2.45) is 0 Å². The zero-order valence-electron chi connectivity index (χ0n) is 14.5. The fraction of sp³-hybridized carbons (Fsp3) is 0.471. The molecule has 2 fully saturated rings. The summed E-state index contributed by atoms with van der Waals surface area (Å²) in [7, 11) is 0. The van der Waals surface area contributed by atoms with Crippen LogP contribution in [-0.4, -0.2) is 52.7 Å². The molecule has 2 aliphatic rings. The van der Waals surface area contributed by atoms with E-state index in [4.69, 9.17) is 4.42 Å². The highest BCUT2D eigenvalue weighted by atomic mass is 32.1. The van der Waals surface area contributed by atoms with Crippen molar-refractivity contribution in [1.29, 1.82) is 0 Å². The number of hydrogen-bond acceptors (Lipinski definition) is 5. The monoisotopic (exact) mass is 381 g/mol. The van der Waals surface area contributed by atoms with Crippen LogP contribution in [0.5, 0.6) is 0 Å². The molecule has 138 valence electrons. The molecule has 6 nitrogen and oxygen atoms in total. The Labute approximate surface area is 152 Å². The predicted octanol–water partition coefficient (Wildman–Crippen LogP) is 2.58. The summed E-state index contributed by atoms with van der Waals surface area (Å²) in [4.78, 5) is 33.0. The summed E-state index contributed by atoms with van der Waals surface area (Å²) in [5, 5.41) is 0. The number of likely N-dealkylation sites (tertiary alicyclic amines) is 1. The van der Waals surface area contributed by atoms with E-state index >= 15 is 8.78 Å². The van der Waals surface area contributed by atoms with Crippen LogP contribution in [0, 0.1) is 20.8 Å². The van der Waals surface area contributed by atoms with Crippen molar-refractivity contribution < 1.29 is 22.8 Å². The summed E-state index contributed by atoms with van der Waals surface area (Å²) >= 11 is 1.47. The fourth-order valence-corrected chi connectivity index (χ4v) is 4.66. The van der Waals surface area contributed by atoms with Crippen molar-refractivity contribution in [1.82, 2.24) is 9.88 Å². The fourth-order valence-electron chi connectivity index (χ4n) is 3.73. The number of rotatable bonds is 2. The summed E-state index contributed by atoms with van der Waals surface area (Å²) in [5.41, 5.74) is -4.36. The lowest BCUT2D eigenvalue weighted by molar-refractivity contribution is -0.130. The first kappa shape index (κ1) is 17.1. The van der Waals surface area contributed by atoms with Gasteiger partial charge in [0.15, 0.2) is 12.1 Å². The summed E-state index contributed by atoms with van der Waals surface area (Å²) in [6.45, 7) is 3.69. The van der Waals surface area contributed by atoms with Gasteiger partial charge in [0.1, 0.15) is 0 Å². The second kappa shape index (κ2) is 5.35. The minimum absolute atomic E-state index is 0.0641. The van der Waals surface area contributed by atoms with Crippen LogP contribution in [0.15, 0.2) is 16.9 Å². The summed E-state index contributed by atoms with van der Waals surface area (Å²) in [5.74, 6) is -1.67. The maximum Gasteiger partial charge on any atom is 0.291 e. The third-order valence-corrected chi connectivity index (χ3v) is 6.04. The molecule has 2 saturated heterocycles. The van der Waals surface area contributed by atoms with Gasteiger partial charge >= 0.3 is 0 Å². The van der Waals surface area contributed by atoms with Gasteiger partial charge < -0.3 is 14.2 Å². The van der Waals surface area contributed by atoms with Crippen molar-refractivity contribution in [3.63, 3.8) is 0 Å². The third kappa shape index (κ3) is 2.16. The first-order valence-electron chi connectivity index (χ1n) is 8.12. The molecule has 0 radical (unpaired) electrons. The number of carbonyl (C=O) groups excluding carboxylic acids is 2. The molecule has 0 unspecified atom stereocenters. The van der Waals surface area contributed by atoms with Crippen molar-refractivity contribution in [3.05, 3.63) is 33.7 Å². The molecular formula is C17H17F2N3O3S. The topological polar surface area (TPSA) is 66.7 Å². The van der Waals surface area contributed by atoms with Crippen molar-refractivity contribution >= 4 is 28.8 Å². The lowest BCUT2D eigenvalue weighted by Crippen LogP contribution is -2.47. The Balaban J connectivity index is 1.64. The Kier molecular flexibility index (Phi) is 3.53. The number of aryl methyl sites for hydroxylation is 3. The normalized spacial score (nSPS) is 28.1. The second-order valence-corrected chi connectivity index (χ2v) is 8.34. The molecule has 26 heavy (non-hydrogen) atoms. The molecule has 0 spiro atoms. The number of alkyl halides is 2. The van der Waals surface area contributed by atoms with Gasteiger partial charge in [0.05, 0.1) is 31.0 Å². The van der Waals surface area contributed by atoms with E-state index in [1.54, 1.807) is 13.0 Å². The van der Waals surface area contributed by atoms with Gasteiger partial charge in [-0.1, -0.05) is 0 Å². The molecule has 2 aromatic heterocycles. The minimum Gasteiger partial charge on any atom is -0.438 e. The van der Waals surface area contributed by atoms with Crippen molar-refractivity contribution in [2.75, 3.05) is 24.5 Å². The highest BCUT2D eigenvalue weighted by Crippen LogP contribution is 2.48. The van der Waals surface area contributed by atoms with Crippen molar-refractivity contribution in [3.8, 4) is 0 Å². The van der Waals surface area contributed by atoms with Gasteiger partial charge in [-0.05, 0) is 26.8 Å². The molecule has 0 saturated carbocycles. The van der Waals surface area contributed by atoms with Crippen LogP contribution in [0.25, 0.3) is 0 Å². The van der Waals surface area contributed by atoms with Crippen LogP contribution in [0.1, 0.15) is 26.0 Å². The number of nitrogens with zero attached hydrogens (tertiary/aromatic N) is 3. The van der Waals surface area contributed by atoms with Gasteiger partial charge in [-0.2, -0.15) is 0 Å². The van der Waals surface area contributed by atoms with E-state index in [2.05, 4.69) is 4.98 Å². The van der Waals surface area contributed by atoms with Crippen LogP contribution in [0.2, 0.25) is 0 Å². The minimum atomic E-state index is -2.77. The van der Waals surface area contributed by atoms with Gasteiger partial charge in [-0.25, -0.2) is 13.8 Å². The number of fused-ring (bicyclic) bond motifs is 1. The quantitative estimate of drug-likeness (QED) is 0.802. The lowest BCUT2D eigenvalue weighted by atomic mass is 9.93. The standard InChI is InChI=1S/C17H17F2N3O3S/c1-9-4-12(11(3)26-9)22-6-16(18)5-21(7-17(16,19)15(22)24)14(23)13-10(2)20-8-25-13/h4,8H,5-7H2,1-3H3/t16-,17+/m0/s1. The highest BCUT2D eigenvalue weighted by molar-refractivity contribution is 7.12. The molecule has 4 rings (SSSR count). The molecule has 0 N–H and O–H groups in total. The van der Waals surface area contributed by atoms with Gasteiger partial charge in [0, 0.05) is 9.75 Å². The molecule has 0 aromatic carbocycles. The van der Waals surface area contributed by atoms with Gasteiger partial charge in [-0.3, -0.25) is 9.59 Å². The van der Waals surface area contributed by atoms with Crippen molar-refractivity contribution in [2.45, 2.75) is 32.1 Å². The largest absolute Gasteiger partial charge is 0.438 e. The van der Waals surface area contributed by atoms with E-state index < -0.39 is 42.8 Å². The predicted molar refractivity (Wildman–Crippen MR) is 91.0 cm³/mol. The molecule has 2 atom stereocenters. The Bertz CT molecular complexity index is 926.